The zero-order chi connectivity index (χ0) is 11.8. The number of unbranched alkanes of at least 4 members (excludes halogenated alkanes) is 1. The lowest BCUT2D eigenvalue weighted by atomic mass is 9.81. The summed E-state index contributed by atoms with van der Waals surface area (Å²) in [5.41, 5.74) is 0. The summed E-state index contributed by atoms with van der Waals surface area (Å²) in [4.78, 5) is 2.47. The first kappa shape index (κ1) is 14.0. The number of hydrogen-bond acceptors (Lipinski definition) is 1. The Morgan fingerprint density at radius 3 is 2.44 bits per heavy atom. The van der Waals surface area contributed by atoms with Crippen LogP contribution in [0.2, 0.25) is 0 Å². The molecule has 1 heteroatoms. The van der Waals surface area contributed by atoms with Crippen LogP contribution in [-0.4, -0.2) is 25.0 Å². The van der Waals surface area contributed by atoms with Gasteiger partial charge in [-0.1, -0.05) is 26.7 Å². The second kappa shape index (κ2) is 8.11. The van der Waals surface area contributed by atoms with Crippen LogP contribution in [0, 0.1) is 11.8 Å². The van der Waals surface area contributed by atoms with Crippen LogP contribution in [0.5, 0.6) is 0 Å². The molecule has 16 heavy (non-hydrogen) atoms. The Balaban J connectivity index is 1.95. The van der Waals surface area contributed by atoms with Crippen molar-refractivity contribution in [1.29, 1.82) is 0 Å². The molecule has 0 bridgehead atoms. The third kappa shape index (κ3) is 5.89. The van der Waals surface area contributed by atoms with Crippen LogP contribution in [0.15, 0.2) is 0 Å². The van der Waals surface area contributed by atoms with Crippen LogP contribution in [0.25, 0.3) is 0 Å². The fourth-order valence-electron chi connectivity index (χ4n) is 2.77. The van der Waals surface area contributed by atoms with Crippen molar-refractivity contribution < 1.29 is 0 Å². The highest BCUT2D eigenvalue weighted by atomic mass is 15.1. The molecule has 1 nitrogen and oxygen atoms in total. The van der Waals surface area contributed by atoms with Crippen molar-refractivity contribution >= 4 is 0 Å². The fraction of sp³-hybridized carbons (Fsp3) is 0.933. The van der Waals surface area contributed by atoms with Gasteiger partial charge >= 0.3 is 0 Å². The van der Waals surface area contributed by atoms with Crippen molar-refractivity contribution in [2.45, 2.75) is 65.2 Å². The topological polar surface area (TPSA) is 3.24 Å². The quantitative estimate of drug-likeness (QED) is 0.583. The molecule has 0 atom stereocenters. The van der Waals surface area contributed by atoms with E-state index in [0.717, 1.165) is 5.92 Å². The summed E-state index contributed by atoms with van der Waals surface area (Å²) in [6.07, 6.45) is 11.4. The van der Waals surface area contributed by atoms with E-state index in [1.807, 2.05) is 0 Å². The van der Waals surface area contributed by atoms with Crippen molar-refractivity contribution in [2.24, 2.45) is 5.92 Å². The molecule has 95 valence electrons. The van der Waals surface area contributed by atoms with E-state index in [0.29, 0.717) is 0 Å². The van der Waals surface area contributed by atoms with E-state index in [9.17, 15) is 0 Å². The van der Waals surface area contributed by atoms with Crippen LogP contribution in [-0.2, 0) is 0 Å². The standard InChI is InChI=1S/C15H30N/c1-4-12-16(3)13-6-5-7-15-10-8-14(2)9-11-15/h15H,4-13H2,1-3H3. The lowest BCUT2D eigenvalue weighted by Gasteiger charge is -2.26. The number of hydrogen-bond donors (Lipinski definition) is 0. The van der Waals surface area contributed by atoms with Crippen molar-refractivity contribution in [1.82, 2.24) is 4.90 Å². The first-order valence-electron chi connectivity index (χ1n) is 7.22. The third-order valence-corrected chi connectivity index (χ3v) is 3.97. The summed E-state index contributed by atoms with van der Waals surface area (Å²) in [6, 6.07) is 0. The third-order valence-electron chi connectivity index (χ3n) is 3.97. The van der Waals surface area contributed by atoms with Gasteiger partial charge in [-0.3, -0.25) is 0 Å². The smallest absolute Gasteiger partial charge is 0.00218 e. The Bertz CT molecular complexity index is 159. The Hall–Kier alpha value is -0.0400. The first-order chi connectivity index (χ1) is 7.72. The minimum atomic E-state index is 1.04. The van der Waals surface area contributed by atoms with E-state index in [1.54, 1.807) is 5.92 Å². The van der Waals surface area contributed by atoms with Gasteiger partial charge in [0.2, 0.25) is 0 Å². The molecule has 0 spiro atoms. The predicted octanol–water partition coefficient (Wildman–Crippen LogP) is 4.28. The molecule has 0 aromatic heterocycles. The van der Waals surface area contributed by atoms with Gasteiger partial charge in [-0.25, -0.2) is 0 Å². The Morgan fingerprint density at radius 2 is 1.81 bits per heavy atom. The second-order valence-electron chi connectivity index (χ2n) is 5.70. The van der Waals surface area contributed by atoms with Gasteiger partial charge in [0.05, 0.1) is 0 Å². The SMILES string of the molecule is CCCN(C)CCCCC1CC[C](C)CC1. The van der Waals surface area contributed by atoms with Gasteiger partial charge in [0.1, 0.15) is 0 Å². The highest BCUT2D eigenvalue weighted by Gasteiger charge is 2.17. The molecule has 0 N–H and O–H groups in total. The maximum absolute atomic E-state index is 2.47. The van der Waals surface area contributed by atoms with E-state index < -0.39 is 0 Å². The zero-order valence-corrected chi connectivity index (χ0v) is 11.6. The maximum Gasteiger partial charge on any atom is -0.00218 e. The van der Waals surface area contributed by atoms with Crippen molar-refractivity contribution in [3.8, 4) is 0 Å². The molecule has 0 aromatic carbocycles. The van der Waals surface area contributed by atoms with Gasteiger partial charge in [0.25, 0.3) is 0 Å². The monoisotopic (exact) mass is 224 g/mol. The molecular weight excluding hydrogens is 194 g/mol. The maximum atomic E-state index is 2.47. The molecule has 0 saturated heterocycles. The second-order valence-corrected chi connectivity index (χ2v) is 5.70. The molecule has 0 aliphatic heterocycles. The molecule has 1 aliphatic carbocycles. The Morgan fingerprint density at radius 1 is 1.12 bits per heavy atom. The average molecular weight is 224 g/mol. The van der Waals surface area contributed by atoms with Crippen molar-refractivity contribution in [3.63, 3.8) is 0 Å². The molecule has 0 amide bonds. The summed E-state index contributed by atoms with van der Waals surface area (Å²) in [7, 11) is 2.25. The van der Waals surface area contributed by atoms with Crippen LogP contribution in [0.3, 0.4) is 0 Å². The van der Waals surface area contributed by atoms with E-state index in [2.05, 4.69) is 25.8 Å². The minimum Gasteiger partial charge on any atom is -0.306 e. The predicted molar refractivity (Wildman–Crippen MR) is 72.5 cm³/mol. The molecule has 1 rings (SSSR count). The normalized spacial score (nSPS) is 19.5. The summed E-state index contributed by atoms with van der Waals surface area (Å²) in [5.74, 6) is 2.78. The lowest BCUT2D eigenvalue weighted by Crippen LogP contribution is -2.20. The van der Waals surface area contributed by atoms with E-state index in [4.69, 9.17) is 0 Å². The summed E-state index contributed by atoms with van der Waals surface area (Å²) < 4.78 is 0. The molecule has 0 aromatic rings. The highest BCUT2D eigenvalue weighted by Crippen LogP contribution is 2.32. The molecule has 1 radical (unpaired) electrons. The molecule has 1 fully saturated rings. The Kier molecular flexibility index (Phi) is 7.11. The lowest BCUT2D eigenvalue weighted by molar-refractivity contribution is 0.304. The number of rotatable bonds is 7. The molecular formula is C15H30N. The number of nitrogens with zero attached hydrogens (tertiary/aromatic N) is 1. The first-order valence-corrected chi connectivity index (χ1v) is 7.22. The van der Waals surface area contributed by atoms with Gasteiger partial charge in [-0.05, 0) is 70.5 Å². The van der Waals surface area contributed by atoms with E-state index in [-0.39, 0.29) is 0 Å². The summed E-state index contributed by atoms with van der Waals surface area (Å²) >= 11 is 0. The van der Waals surface area contributed by atoms with Gasteiger partial charge in [-0.15, -0.1) is 0 Å². The Labute approximate surface area is 103 Å². The van der Waals surface area contributed by atoms with Gasteiger partial charge in [-0.2, -0.15) is 0 Å². The average Bonchev–Trinajstić information content (AvgIpc) is 2.27. The minimum absolute atomic E-state index is 1.04. The molecule has 1 aliphatic rings. The van der Waals surface area contributed by atoms with Crippen molar-refractivity contribution in [2.75, 3.05) is 20.1 Å². The molecule has 0 unspecified atom stereocenters. The molecule has 1 saturated carbocycles. The molecule has 0 heterocycles. The van der Waals surface area contributed by atoms with E-state index in [1.165, 1.54) is 64.5 Å². The highest BCUT2D eigenvalue weighted by molar-refractivity contribution is 4.89. The van der Waals surface area contributed by atoms with Gasteiger partial charge < -0.3 is 4.90 Å². The summed E-state index contributed by atoms with van der Waals surface area (Å²) in [6.45, 7) is 7.15. The van der Waals surface area contributed by atoms with Crippen LogP contribution < -0.4 is 0 Å². The van der Waals surface area contributed by atoms with Crippen molar-refractivity contribution in [3.05, 3.63) is 5.92 Å². The van der Waals surface area contributed by atoms with Crippen LogP contribution >= 0.6 is 0 Å². The largest absolute Gasteiger partial charge is 0.306 e. The fourth-order valence-corrected chi connectivity index (χ4v) is 2.77. The van der Waals surface area contributed by atoms with Crippen LogP contribution in [0.1, 0.15) is 65.2 Å². The van der Waals surface area contributed by atoms with E-state index >= 15 is 0 Å². The van der Waals surface area contributed by atoms with Gasteiger partial charge in [0, 0.05) is 0 Å². The van der Waals surface area contributed by atoms with Gasteiger partial charge in [0.15, 0.2) is 0 Å². The zero-order valence-electron chi connectivity index (χ0n) is 11.6. The van der Waals surface area contributed by atoms with Crippen LogP contribution in [0.4, 0.5) is 0 Å². The summed E-state index contributed by atoms with van der Waals surface area (Å²) in [5, 5.41) is 0.